The largest absolute Gasteiger partial charge is 0.454 e. The van der Waals surface area contributed by atoms with Crippen molar-refractivity contribution in [1.29, 1.82) is 0 Å². The molecule has 10 heteroatoms. The van der Waals surface area contributed by atoms with E-state index in [-0.39, 0.29) is 37.2 Å². The Bertz CT molecular complexity index is 891. The molecule has 0 bridgehead atoms. The van der Waals surface area contributed by atoms with Crippen LogP contribution in [-0.2, 0) is 0 Å². The van der Waals surface area contributed by atoms with Crippen LogP contribution in [0.25, 0.3) is 0 Å². The zero-order valence-electron chi connectivity index (χ0n) is 16.2. The van der Waals surface area contributed by atoms with Gasteiger partial charge in [-0.15, -0.1) is 12.4 Å². The Morgan fingerprint density at radius 3 is 2.93 bits per heavy atom. The number of amides is 1. The molecule has 2 unspecified atom stereocenters. The molecule has 0 radical (unpaired) electrons. The molecule has 1 aromatic carbocycles. The summed E-state index contributed by atoms with van der Waals surface area (Å²) in [7, 11) is 2.06. The number of nitrogens with zero attached hydrogens (tertiary/aromatic N) is 4. The van der Waals surface area contributed by atoms with Crippen LogP contribution in [-0.4, -0.2) is 65.9 Å². The lowest BCUT2D eigenvalue weighted by atomic mass is 10.1. The lowest BCUT2D eigenvalue weighted by molar-refractivity contribution is 0.0709. The Kier molecular flexibility index (Phi) is 5.62. The number of benzene rings is 1. The second-order valence-electron chi connectivity index (χ2n) is 7.42. The highest BCUT2D eigenvalue weighted by molar-refractivity contribution is 5.95. The van der Waals surface area contributed by atoms with Gasteiger partial charge in [-0.25, -0.2) is 0 Å². The lowest BCUT2D eigenvalue weighted by Gasteiger charge is -2.30. The molecule has 5 rings (SSSR count). The van der Waals surface area contributed by atoms with Gasteiger partial charge in [-0.1, -0.05) is 5.16 Å². The van der Waals surface area contributed by atoms with Crippen LogP contribution in [0.1, 0.15) is 47.0 Å². The highest BCUT2D eigenvalue weighted by Gasteiger charge is 2.36. The van der Waals surface area contributed by atoms with Crippen LogP contribution in [0, 0.1) is 0 Å². The quantitative estimate of drug-likeness (QED) is 0.801. The minimum atomic E-state index is -0.193. The van der Waals surface area contributed by atoms with Gasteiger partial charge in [0.2, 0.25) is 12.7 Å². The highest BCUT2D eigenvalue weighted by atomic mass is 35.5. The SMILES string of the molecule is CN1CCNCC1c1noc(C2CCCN2C(=O)c2ccc3c(c2)OCO3)n1.Cl. The molecule has 0 saturated carbocycles. The van der Waals surface area contributed by atoms with Gasteiger partial charge in [0.1, 0.15) is 6.04 Å². The monoisotopic (exact) mass is 421 g/mol. The first-order valence-electron chi connectivity index (χ1n) is 9.66. The van der Waals surface area contributed by atoms with Gasteiger partial charge < -0.3 is 24.2 Å². The Balaban J connectivity index is 0.00000205. The first-order chi connectivity index (χ1) is 13.7. The van der Waals surface area contributed by atoms with E-state index in [0.29, 0.717) is 35.3 Å². The minimum Gasteiger partial charge on any atom is -0.454 e. The first kappa shape index (κ1) is 19.9. The zero-order valence-corrected chi connectivity index (χ0v) is 17.0. The number of hydrogen-bond acceptors (Lipinski definition) is 8. The molecule has 0 aliphatic carbocycles. The first-order valence-corrected chi connectivity index (χ1v) is 9.66. The van der Waals surface area contributed by atoms with Crippen molar-refractivity contribution in [3.8, 4) is 11.5 Å². The topological polar surface area (TPSA) is 93.0 Å². The zero-order chi connectivity index (χ0) is 19.1. The van der Waals surface area contributed by atoms with Crippen molar-refractivity contribution < 1.29 is 18.8 Å². The highest BCUT2D eigenvalue weighted by Crippen LogP contribution is 2.36. The average molecular weight is 422 g/mol. The number of rotatable bonds is 3. The van der Waals surface area contributed by atoms with Crippen LogP contribution >= 0.6 is 12.4 Å². The Morgan fingerprint density at radius 1 is 1.21 bits per heavy atom. The molecule has 2 fully saturated rings. The number of hydrogen-bond donors (Lipinski definition) is 1. The maximum absolute atomic E-state index is 13.1. The van der Waals surface area contributed by atoms with Gasteiger partial charge in [-0.2, -0.15) is 4.98 Å². The molecule has 1 amide bonds. The van der Waals surface area contributed by atoms with Crippen LogP contribution in [0.15, 0.2) is 22.7 Å². The maximum Gasteiger partial charge on any atom is 0.254 e. The fraction of sp³-hybridized carbons (Fsp3) is 0.526. The van der Waals surface area contributed by atoms with Crippen molar-refractivity contribution in [1.82, 2.24) is 25.3 Å². The van der Waals surface area contributed by atoms with Crippen molar-refractivity contribution in [3.05, 3.63) is 35.5 Å². The average Bonchev–Trinajstić information content (AvgIpc) is 3.46. The van der Waals surface area contributed by atoms with Crippen LogP contribution in [0.2, 0.25) is 0 Å². The van der Waals surface area contributed by atoms with Crippen molar-refractivity contribution >= 4 is 18.3 Å². The number of halogens is 1. The van der Waals surface area contributed by atoms with Gasteiger partial charge >= 0.3 is 0 Å². The van der Waals surface area contributed by atoms with Crippen LogP contribution < -0.4 is 14.8 Å². The molecule has 0 spiro atoms. The summed E-state index contributed by atoms with van der Waals surface area (Å²) in [5.74, 6) is 2.40. The lowest BCUT2D eigenvalue weighted by Crippen LogP contribution is -2.44. The fourth-order valence-corrected chi connectivity index (χ4v) is 4.07. The van der Waals surface area contributed by atoms with Crippen LogP contribution in [0.5, 0.6) is 11.5 Å². The summed E-state index contributed by atoms with van der Waals surface area (Å²) < 4.78 is 16.3. The van der Waals surface area contributed by atoms with E-state index in [1.165, 1.54) is 0 Å². The van der Waals surface area contributed by atoms with Crippen molar-refractivity contribution in [2.24, 2.45) is 0 Å². The second kappa shape index (κ2) is 8.17. The number of likely N-dealkylation sites (N-methyl/N-ethyl adjacent to an activating group) is 1. The number of nitrogens with one attached hydrogen (secondary N) is 1. The summed E-state index contributed by atoms with van der Waals surface area (Å²) in [6.45, 7) is 3.54. The molecule has 9 nitrogen and oxygen atoms in total. The molecule has 2 atom stereocenters. The molecule has 4 heterocycles. The van der Waals surface area contributed by atoms with E-state index >= 15 is 0 Å². The molecular formula is C19H24ClN5O4. The third-order valence-corrected chi connectivity index (χ3v) is 5.68. The van der Waals surface area contributed by atoms with Gasteiger partial charge in [0, 0.05) is 31.7 Å². The Hall–Kier alpha value is -2.36. The van der Waals surface area contributed by atoms with Gasteiger partial charge in [-0.3, -0.25) is 9.69 Å². The molecule has 1 aromatic heterocycles. The molecular weight excluding hydrogens is 398 g/mol. The van der Waals surface area contributed by atoms with E-state index in [1.807, 2.05) is 4.90 Å². The summed E-state index contributed by atoms with van der Waals surface area (Å²) in [4.78, 5) is 21.8. The van der Waals surface area contributed by atoms with Crippen LogP contribution in [0.3, 0.4) is 0 Å². The second-order valence-corrected chi connectivity index (χ2v) is 7.42. The van der Waals surface area contributed by atoms with Crippen LogP contribution in [0.4, 0.5) is 0 Å². The molecule has 156 valence electrons. The summed E-state index contributed by atoms with van der Waals surface area (Å²) in [6, 6.07) is 5.18. The normalized spacial score (nSPS) is 23.8. The van der Waals surface area contributed by atoms with E-state index in [0.717, 1.165) is 32.5 Å². The number of piperazine rings is 1. The molecule has 2 aromatic rings. The van der Waals surface area contributed by atoms with Crippen molar-refractivity contribution in [2.45, 2.75) is 24.9 Å². The Morgan fingerprint density at radius 2 is 2.07 bits per heavy atom. The van der Waals surface area contributed by atoms with E-state index in [1.54, 1.807) is 18.2 Å². The van der Waals surface area contributed by atoms with E-state index in [9.17, 15) is 4.79 Å². The van der Waals surface area contributed by atoms with Gasteiger partial charge in [0.25, 0.3) is 5.91 Å². The van der Waals surface area contributed by atoms with E-state index < -0.39 is 0 Å². The maximum atomic E-state index is 13.1. The number of fused-ring (bicyclic) bond motifs is 1. The third-order valence-electron chi connectivity index (χ3n) is 5.68. The number of likely N-dealkylation sites (tertiary alicyclic amines) is 1. The predicted molar refractivity (Wildman–Crippen MR) is 105 cm³/mol. The van der Waals surface area contributed by atoms with Gasteiger partial charge in [0.05, 0.1) is 6.04 Å². The van der Waals surface area contributed by atoms with Gasteiger partial charge in [0.15, 0.2) is 17.3 Å². The number of aromatic nitrogens is 2. The van der Waals surface area contributed by atoms with E-state index in [2.05, 4.69) is 27.4 Å². The molecule has 29 heavy (non-hydrogen) atoms. The smallest absolute Gasteiger partial charge is 0.254 e. The van der Waals surface area contributed by atoms with E-state index in [4.69, 9.17) is 14.0 Å². The minimum absolute atomic E-state index is 0. The molecule has 2 saturated heterocycles. The van der Waals surface area contributed by atoms with Crippen molar-refractivity contribution in [3.63, 3.8) is 0 Å². The molecule has 3 aliphatic rings. The fourth-order valence-electron chi connectivity index (χ4n) is 4.07. The Labute approximate surface area is 174 Å². The third kappa shape index (κ3) is 3.65. The summed E-state index contributed by atoms with van der Waals surface area (Å²) in [5.41, 5.74) is 0.576. The standard InChI is InChI=1S/C19H23N5O4.ClH/c1-23-8-6-20-10-14(23)17-21-18(28-22-17)13-3-2-7-24(13)19(25)12-4-5-15-16(9-12)27-11-26-15;/h4-5,9,13-14,20H,2-3,6-8,10-11H2,1H3;1H. The van der Waals surface area contributed by atoms with Gasteiger partial charge in [-0.05, 0) is 38.1 Å². The molecule has 1 N–H and O–H groups in total. The predicted octanol–water partition coefficient (Wildman–Crippen LogP) is 1.77. The number of carbonyl (C=O) groups excluding carboxylic acids is 1. The summed E-state index contributed by atoms with van der Waals surface area (Å²) in [6.07, 6.45) is 1.72. The number of carbonyl (C=O) groups is 1. The summed E-state index contributed by atoms with van der Waals surface area (Å²) in [5, 5.41) is 7.57. The molecule has 3 aliphatic heterocycles. The number of ether oxygens (including phenoxy) is 2. The summed E-state index contributed by atoms with van der Waals surface area (Å²) >= 11 is 0. The van der Waals surface area contributed by atoms with Crippen molar-refractivity contribution in [2.75, 3.05) is 40.0 Å².